The van der Waals surface area contributed by atoms with Gasteiger partial charge in [0, 0.05) is 31.4 Å². The van der Waals surface area contributed by atoms with Crippen LogP contribution in [-0.2, 0) is 40.1 Å². The summed E-state index contributed by atoms with van der Waals surface area (Å²) < 4.78 is 106. The van der Waals surface area contributed by atoms with Crippen LogP contribution in [0.2, 0.25) is 0 Å². The van der Waals surface area contributed by atoms with Gasteiger partial charge in [-0.2, -0.15) is 13.2 Å². The number of methoxy groups -OCH3 is 2. The minimum absolute atomic E-state index is 0.00126. The number of halogens is 4. The molecule has 2 aliphatic carbocycles. The van der Waals surface area contributed by atoms with Gasteiger partial charge in [-0.3, -0.25) is 19.1 Å². The summed E-state index contributed by atoms with van der Waals surface area (Å²) in [6.07, 6.45) is -2.89. The second-order valence-electron chi connectivity index (χ2n) is 17.4. The number of aromatic nitrogens is 2. The van der Waals surface area contributed by atoms with E-state index in [0.717, 1.165) is 4.90 Å². The van der Waals surface area contributed by atoms with Crippen LogP contribution in [0.25, 0.3) is 11.0 Å². The molecule has 3 fully saturated rings. The Balaban J connectivity index is 1.41. The maximum Gasteiger partial charge on any atom is 0.438 e. The quantitative estimate of drug-likeness (QED) is 0.225. The van der Waals surface area contributed by atoms with Crippen LogP contribution in [0.15, 0.2) is 30.4 Å². The van der Waals surface area contributed by atoms with E-state index in [1.165, 1.54) is 32.4 Å². The Morgan fingerprint density at radius 2 is 1.79 bits per heavy atom. The standard InChI is InChI=1S/C40H52F4N6O10S/c1-22-9-7-8-10-24-18-39(24,35(53)49-61(55,56)38(21-41)13-14-38)48-32(51)29-17-26(59-33-31(40(42,43)44)45-27-12-11-25(58-6)16-28(27)46-33)19-50(29)34(52)30(23(15-22)20-57-5)47-36(54)60-37(2,3)4/h8,10-12,16,22-24,26,29-30H,7,9,13-15,17-21H2,1-6H3,(H,47,54)(H,48,51)(H,49,53)/b10-8-/t22-,23+,24+,26-,29+,30+,39+/m1/s1. The molecule has 4 aliphatic rings. The number of carbonyl (C=O) groups excluding carboxylic acids is 4. The van der Waals surface area contributed by atoms with Crippen molar-refractivity contribution in [1.29, 1.82) is 0 Å². The number of allylic oxidation sites excluding steroid dienone is 1. The molecule has 3 heterocycles. The van der Waals surface area contributed by atoms with Gasteiger partial charge in [-0.05, 0) is 77.3 Å². The highest BCUT2D eigenvalue weighted by Crippen LogP contribution is 2.48. The van der Waals surface area contributed by atoms with E-state index >= 15 is 0 Å². The molecule has 21 heteroatoms. The Hall–Kier alpha value is -4.79. The van der Waals surface area contributed by atoms with Crippen LogP contribution in [0.1, 0.15) is 78.3 Å². The number of fused-ring (bicyclic) bond motifs is 3. The average molecular weight is 885 g/mol. The molecule has 2 aromatic rings. The number of alkyl halides is 4. The van der Waals surface area contributed by atoms with Crippen LogP contribution in [-0.4, -0.2) is 115 Å². The van der Waals surface area contributed by atoms with Crippen LogP contribution in [0, 0.1) is 17.8 Å². The molecular formula is C40H52F4N6O10S. The molecule has 0 bridgehead atoms. The number of hydrogen-bond acceptors (Lipinski definition) is 12. The number of alkyl carbamates (subject to hydrolysis) is 1. The maximum atomic E-state index is 15.0. The molecular weight excluding hydrogens is 833 g/mol. The van der Waals surface area contributed by atoms with Crippen molar-refractivity contribution in [1.82, 2.24) is 30.2 Å². The van der Waals surface area contributed by atoms with Crippen molar-refractivity contribution in [3.63, 3.8) is 0 Å². The van der Waals surface area contributed by atoms with E-state index in [1.54, 1.807) is 32.9 Å². The lowest BCUT2D eigenvalue weighted by Gasteiger charge is -2.34. The zero-order chi connectivity index (χ0) is 44.7. The number of nitrogens with one attached hydrogen (secondary N) is 3. The van der Waals surface area contributed by atoms with Crippen LogP contribution in [0.4, 0.5) is 22.4 Å². The lowest BCUT2D eigenvalue weighted by atomic mass is 9.87. The molecule has 6 rings (SSSR count). The fourth-order valence-electron chi connectivity index (χ4n) is 7.95. The van der Waals surface area contributed by atoms with Gasteiger partial charge in [0.05, 0.1) is 31.3 Å². The fourth-order valence-corrected chi connectivity index (χ4v) is 9.38. The highest BCUT2D eigenvalue weighted by atomic mass is 32.2. The summed E-state index contributed by atoms with van der Waals surface area (Å²) >= 11 is 0. The lowest BCUT2D eigenvalue weighted by molar-refractivity contribution is -0.143. The van der Waals surface area contributed by atoms with Gasteiger partial charge in [-0.15, -0.1) is 0 Å². The summed E-state index contributed by atoms with van der Waals surface area (Å²) in [5.41, 5.74) is -4.40. The van der Waals surface area contributed by atoms with Crippen molar-refractivity contribution in [2.75, 3.05) is 34.0 Å². The van der Waals surface area contributed by atoms with Gasteiger partial charge in [0.2, 0.25) is 33.4 Å². The Morgan fingerprint density at radius 3 is 2.41 bits per heavy atom. The predicted octanol–water partition coefficient (Wildman–Crippen LogP) is 4.36. The number of hydrogen-bond donors (Lipinski definition) is 3. The van der Waals surface area contributed by atoms with Gasteiger partial charge in [0.15, 0.2) is 0 Å². The average Bonchev–Trinajstić information content (AvgIpc) is 4.08. The molecule has 16 nitrogen and oxygen atoms in total. The van der Waals surface area contributed by atoms with Crippen LogP contribution < -0.4 is 24.8 Å². The predicted molar refractivity (Wildman–Crippen MR) is 210 cm³/mol. The first-order valence-corrected chi connectivity index (χ1v) is 21.5. The molecule has 336 valence electrons. The molecule has 4 amide bonds. The minimum atomic E-state index is -5.05. The zero-order valence-corrected chi connectivity index (χ0v) is 35.6. The summed E-state index contributed by atoms with van der Waals surface area (Å²) in [6.45, 7) is 5.08. The molecule has 1 saturated heterocycles. The highest BCUT2D eigenvalue weighted by molar-refractivity contribution is 7.91. The third-order valence-corrected chi connectivity index (χ3v) is 13.7. The summed E-state index contributed by atoms with van der Waals surface area (Å²) in [7, 11) is -1.73. The van der Waals surface area contributed by atoms with E-state index < -0.39 is 117 Å². The number of benzene rings is 1. The van der Waals surface area contributed by atoms with E-state index in [0.29, 0.717) is 19.3 Å². The molecule has 0 spiro atoms. The van der Waals surface area contributed by atoms with Crippen molar-refractivity contribution in [3.05, 3.63) is 36.0 Å². The van der Waals surface area contributed by atoms with Gasteiger partial charge in [-0.25, -0.2) is 27.6 Å². The molecule has 7 atom stereocenters. The second kappa shape index (κ2) is 17.2. The van der Waals surface area contributed by atoms with Gasteiger partial charge in [0.25, 0.3) is 5.91 Å². The number of nitrogens with zero attached hydrogens (tertiary/aromatic N) is 3. The fraction of sp³-hybridized carbons (Fsp3) is 0.650. The number of ether oxygens (including phenoxy) is 4. The van der Waals surface area contributed by atoms with Crippen molar-refractivity contribution < 1.29 is 64.1 Å². The molecule has 2 saturated carbocycles. The normalized spacial score (nSPS) is 28.6. The molecule has 3 N–H and O–H groups in total. The van der Waals surface area contributed by atoms with Crippen LogP contribution >= 0.6 is 0 Å². The first kappa shape index (κ1) is 45.7. The van der Waals surface area contributed by atoms with Gasteiger partial charge in [0.1, 0.15) is 46.5 Å². The summed E-state index contributed by atoms with van der Waals surface area (Å²) in [5, 5.41) is 5.32. The Morgan fingerprint density at radius 1 is 1.07 bits per heavy atom. The SMILES string of the molecule is COC[C@@H]1C[C@H](C)CC/C=C\[C@H]2C[C@]2(C(=O)NS(=O)(=O)C2(CF)CC2)NC(=O)[C@@H]2C[C@@H](Oc3nc4cc(OC)ccc4nc3C(F)(F)F)CN2C(=O)[C@H]1NC(=O)OC(C)(C)C. The van der Waals surface area contributed by atoms with Crippen molar-refractivity contribution in [2.45, 2.75) is 113 Å². The van der Waals surface area contributed by atoms with Crippen LogP contribution in [0.5, 0.6) is 11.6 Å². The number of rotatable bonds is 10. The number of sulfonamides is 1. The smallest absolute Gasteiger partial charge is 0.438 e. The highest BCUT2D eigenvalue weighted by Gasteiger charge is 2.64. The van der Waals surface area contributed by atoms with E-state index in [4.69, 9.17) is 18.9 Å². The Labute approximate surface area is 350 Å². The van der Waals surface area contributed by atoms with Gasteiger partial charge >= 0.3 is 12.3 Å². The largest absolute Gasteiger partial charge is 0.497 e. The third kappa shape index (κ3) is 9.97. The topological polar surface area (TPSA) is 204 Å². The van der Waals surface area contributed by atoms with E-state index in [-0.39, 0.29) is 48.6 Å². The summed E-state index contributed by atoms with van der Waals surface area (Å²) in [5.74, 6) is -5.00. The first-order valence-electron chi connectivity index (χ1n) is 20.1. The van der Waals surface area contributed by atoms with E-state index in [9.17, 15) is 45.2 Å². The maximum absolute atomic E-state index is 15.0. The zero-order valence-electron chi connectivity index (χ0n) is 34.8. The van der Waals surface area contributed by atoms with Crippen molar-refractivity contribution in [3.8, 4) is 11.6 Å². The lowest BCUT2D eigenvalue weighted by Crippen LogP contribution is -2.60. The summed E-state index contributed by atoms with van der Waals surface area (Å²) in [6, 6.07) is 1.14. The Bertz CT molecular complexity index is 2160. The summed E-state index contributed by atoms with van der Waals surface area (Å²) in [4.78, 5) is 65.7. The van der Waals surface area contributed by atoms with Crippen molar-refractivity contribution in [2.24, 2.45) is 17.8 Å². The number of carbonyl (C=O) groups is 4. The molecule has 1 aromatic heterocycles. The van der Waals surface area contributed by atoms with E-state index in [1.807, 2.05) is 11.6 Å². The molecule has 61 heavy (non-hydrogen) atoms. The molecule has 0 radical (unpaired) electrons. The first-order chi connectivity index (χ1) is 28.5. The van der Waals surface area contributed by atoms with Gasteiger partial charge in [-0.1, -0.05) is 19.1 Å². The molecule has 0 unspecified atom stereocenters. The Kier molecular flexibility index (Phi) is 12.9. The van der Waals surface area contributed by atoms with Gasteiger partial charge < -0.3 is 34.5 Å². The minimum Gasteiger partial charge on any atom is -0.497 e. The number of amides is 4. The third-order valence-electron chi connectivity index (χ3n) is 11.5. The van der Waals surface area contributed by atoms with Crippen LogP contribution in [0.3, 0.4) is 0 Å². The van der Waals surface area contributed by atoms with Crippen molar-refractivity contribution >= 4 is 44.9 Å². The molecule has 1 aromatic carbocycles. The molecule has 2 aliphatic heterocycles. The second-order valence-corrected chi connectivity index (χ2v) is 19.5. The monoisotopic (exact) mass is 884 g/mol. The van der Waals surface area contributed by atoms with E-state index in [2.05, 4.69) is 20.6 Å².